The molecule has 0 aliphatic carbocycles. The maximum atomic E-state index is 13.8. The van der Waals surface area contributed by atoms with Crippen molar-refractivity contribution in [2.24, 2.45) is 0 Å². The van der Waals surface area contributed by atoms with Crippen LogP contribution in [0.25, 0.3) is 11.8 Å². The van der Waals surface area contributed by atoms with Gasteiger partial charge >= 0.3 is 5.97 Å². The van der Waals surface area contributed by atoms with Crippen LogP contribution in [0, 0.1) is 26.6 Å². The minimum Gasteiger partial charge on any atom is -0.465 e. The summed E-state index contributed by atoms with van der Waals surface area (Å²) < 4.78 is 20.7. The largest absolute Gasteiger partial charge is 0.465 e. The number of hydrogen-bond donors (Lipinski definition) is 1. The molecule has 1 aliphatic heterocycles. The number of carbonyl (C=O) groups excluding carboxylic acids is 4. The highest BCUT2D eigenvalue weighted by atomic mass is 32.2. The Morgan fingerprint density at radius 3 is 2.51 bits per heavy atom. The van der Waals surface area contributed by atoms with Crippen LogP contribution in [-0.2, 0) is 14.3 Å². The number of thioether (sulfide) groups is 1. The monoisotopic (exact) mass is 521 g/mol. The highest BCUT2D eigenvalue weighted by Crippen LogP contribution is 2.34. The molecule has 1 fully saturated rings. The van der Waals surface area contributed by atoms with Gasteiger partial charge in [0.25, 0.3) is 11.1 Å². The molecule has 3 amide bonds. The quantitative estimate of drug-likeness (QED) is 0.362. The molecule has 0 spiro atoms. The Hall–Kier alpha value is -4.18. The van der Waals surface area contributed by atoms with E-state index in [9.17, 15) is 23.6 Å². The molecule has 0 atom stereocenters. The van der Waals surface area contributed by atoms with Gasteiger partial charge in [-0.2, -0.15) is 0 Å². The Balaban J connectivity index is 1.58. The highest BCUT2D eigenvalue weighted by Gasteiger charge is 2.36. The first-order valence-corrected chi connectivity index (χ1v) is 12.1. The lowest BCUT2D eigenvalue weighted by Crippen LogP contribution is -2.36. The number of halogens is 1. The number of aryl methyl sites for hydroxylation is 1. The van der Waals surface area contributed by atoms with Crippen LogP contribution in [0.15, 0.2) is 53.4 Å². The van der Waals surface area contributed by atoms with Crippen molar-refractivity contribution in [2.45, 2.75) is 20.8 Å². The fraction of sp³-hybridized carbons (Fsp3) is 0.185. The molecule has 190 valence electrons. The first-order chi connectivity index (χ1) is 17.6. The van der Waals surface area contributed by atoms with Gasteiger partial charge in [-0.15, -0.1) is 0 Å². The van der Waals surface area contributed by atoms with Gasteiger partial charge in [0.1, 0.15) is 12.4 Å². The summed E-state index contributed by atoms with van der Waals surface area (Å²) in [5, 5.41) is 1.79. The average molecular weight is 522 g/mol. The lowest BCUT2D eigenvalue weighted by Gasteiger charge is -2.15. The van der Waals surface area contributed by atoms with Crippen LogP contribution in [0.3, 0.4) is 0 Å². The number of methoxy groups -OCH3 is 1. The Labute approximate surface area is 217 Å². The van der Waals surface area contributed by atoms with E-state index in [1.165, 1.54) is 25.3 Å². The third kappa shape index (κ3) is 5.05. The van der Waals surface area contributed by atoms with E-state index in [4.69, 9.17) is 4.74 Å². The number of nitrogens with zero attached hydrogens (tertiary/aromatic N) is 2. The zero-order valence-electron chi connectivity index (χ0n) is 20.6. The molecule has 1 N–H and O–H groups in total. The van der Waals surface area contributed by atoms with Crippen molar-refractivity contribution in [1.82, 2.24) is 9.47 Å². The zero-order valence-corrected chi connectivity index (χ0v) is 21.4. The number of para-hydroxylation sites is 1. The number of esters is 1. The molecule has 1 aliphatic rings. The normalized spacial score (nSPS) is 14.4. The molecule has 1 saturated heterocycles. The van der Waals surface area contributed by atoms with Gasteiger partial charge in [-0.05, 0) is 80.1 Å². The molecular formula is C27H24FN3O5S. The second-order valence-electron chi connectivity index (χ2n) is 8.40. The van der Waals surface area contributed by atoms with E-state index in [2.05, 4.69) is 5.32 Å². The average Bonchev–Trinajstić information content (AvgIpc) is 3.29. The number of ether oxygens (including phenoxy) is 1. The summed E-state index contributed by atoms with van der Waals surface area (Å²) in [6.45, 7) is 5.06. The van der Waals surface area contributed by atoms with Crippen LogP contribution in [0.4, 0.5) is 14.9 Å². The van der Waals surface area contributed by atoms with Crippen LogP contribution >= 0.6 is 11.8 Å². The smallest absolute Gasteiger partial charge is 0.338 e. The van der Waals surface area contributed by atoms with Crippen molar-refractivity contribution in [1.29, 1.82) is 0 Å². The number of hydrogen-bond acceptors (Lipinski definition) is 6. The fourth-order valence-corrected chi connectivity index (χ4v) is 5.00. The first-order valence-electron chi connectivity index (χ1n) is 11.3. The molecular weight excluding hydrogens is 497 g/mol. The Morgan fingerprint density at radius 1 is 1.08 bits per heavy atom. The lowest BCUT2D eigenvalue weighted by atomic mass is 10.1. The number of carbonyl (C=O) groups is 4. The lowest BCUT2D eigenvalue weighted by molar-refractivity contribution is -0.127. The molecule has 2 aromatic carbocycles. The molecule has 2 heterocycles. The minimum atomic E-state index is -0.687. The molecule has 0 radical (unpaired) electrons. The summed E-state index contributed by atoms with van der Waals surface area (Å²) in [5.41, 5.74) is 4.31. The molecule has 8 nitrogen and oxygen atoms in total. The van der Waals surface area contributed by atoms with Crippen molar-refractivity contribution in [3.05, 3.63) is 87.3 Å². The van der Waals surface area contributed by atoms with Crippen molar-refractivity contribution in [3.63, 3.8) is 0 Å². The highest BCUT2D eigenvalue weighted by molar-refractivity contribution is 8.18. The summed E-state index contributed by atoms with van der Waals surface area (Å²) in [6, 6.07) is 12.8. The zero-order chi connectivity index (χ0) is 26.9. The second kappa shape index (κ2) is 10.4. The van der Waals surface area contributed by atoms with Crippen LogP contribution in [0.2, 0.25) is 0 Å². The molecule has 0 unspecified atom stereocenters. The molecule has 37 heavy (non-hydrogen) atoms. The van der Waals surface area contributed by atoms with Gasteiger partial charge in [-0.3, -0.25) is 19.3 Å². The van der Waals surface area contributed by atoms with E-state index in [1.54, 1.807) is 24.3 Å². The standard InChI is InChI=1S/C27H24FN3O5S/c1-15-12-18(17(3)31(15)22-11-7-8-19(16(22)2)26(34)36-4)13-23-25(33)30(27(35)37-23)14-24(32)29-21-10-6-5-9-20(21)28/h5-13H,14H2,1-4H3,(H,29,32)/b23-13-. The van der Waals surface area contributed by atoms with E-state index in [1.807, 2.05) is 37.5 Å². The number of nitrogens with one attached hydrogen (secondary N) is 1. The van der Waals surface area contributed by atoms with Crippen LogP contribution in [-0.4, -0.2) is 46.1 Å². The molecule has 0 bridgehead atoms. The summed E-state index contributed by atoms with van der Waals surface area (Å²) in [7, 11) is 1.33. The topological polar surface area (TPSA) is 97.7 Å². The molecule has 3 aromatic rings. The van der Waals surface area contributed by atoms with Gasteiger partial charge in [-0.25, -0.2) is 9.18 Å². The Kier molecular flexibility index (Phi) is 7.30. The molecule has 0 saturated carbocycles. The number of benzene rings is 2. The van der Waals surface area contributed by atoms with Crippen LogP contribution in [0.1, 0.15) is 32.9 Å². The van der Waals surface area contributed by atoms with E-state index < -0.39 is 35.4 Å². The molecule has 10 heteroatoms. The van der Waals surface area contributed by atoms with Crippen molar-refractivity contribution < 1.29 is 28.3 Å². The SMILES string of the molecule is COC(=O)c1cccc(-n2c(C)cc(/C=C3\SC(=O)N(CC(=O)Nc4ccccc4F)C3=O)c2C)c1C. The third-order valence-corrected chi connectivity index (χ3v) is 6.94. The summed E-state index contributed by atoms with van der Waals surface area (Å²) in [6.07, 6.45) is 1.61. The van der Waals surface area contributed by atoms with Gasteiger partial charge < -0.3 is 14.6 Å². The van der Waals surface area contributed by atoms with Gasteiger partial charge in [0.05, 0.1) is 23.3 Å². The van der Waals surface area contributed by atoms with Gasteiger partial charge in [0.15, 0.2) is 0 Å². The van der Waals surface area contributed by atoms with Gasteiger partial charge in [0, 0.05) is 17.1 Å². The Bertz CT molecular complexity index is 1480. The fourth-order valence-electron chi connectivity index (χ4n) is 4.17. The number of imide groups is 1. The van der Waals surface area contributed by atoms with Crippen LogP contribution in [0.5, 0.6) is 0 Å². The maximum Gasteiger partial charge on any atom is 0.338 e. The predicted octanol–water partition coefficient (Wildman–Crippen LogP) is 5.00. The van der Waals surface area contributed by atoms with Crippen molar-refractivity contribution in [2.75, 3.05) is 19.0 Å². The Morgan fingerprint density at radius 2 is 1.81 bits per heavy atom. The predicted molar refractivity (Wildman–Crippen MR) is 139 cm³/mol. The molecule has 4 rings (SSSR count). The summed E-state index contributed by atoms with van der Waals surface area (Å²) in [5.74, 6) is -2.34. The summed E-state index contributed by atoms with van der Waals surface area (Å²) in [4.78, 5) is 51.0. The van der Waals surface area contributed by atoms with E-state index in [0.29, 0.717) is 11.1 Å². The van der Waals surface area contributed by atoms with E-state index in [0.717, 1.165) is 39.3 Å². The second-order valence-corrected chi connectivity index (χ2v) is 9.39. The summed E-state index contributed by atoms with van der Waals surface area (Å²) >= 11 is 0.734. The van der Waals surface area contributed by atoms with E-state index in [-0.39, 0.29) is 10.6 Å². The third-order valence-electron chi connectivity index (χ3n) is 6.03. The number of rotatable bonds is 6. The van der Waals surface area contributed by atoms with Gasteiger partial charge in [-0.1, -0.05) is 18.2 Å². The number of anilines is 1. The van der Waals surface area contributed by atoms with Gasteiger partial charge in [0.2, 0.25) is 5.91 Å². The molecule has 1 aromatic heterocycles. The van der Waals surface area contributed by atoms with Crippen molar-refractivity contribution in [3.8, 4) is 5.69 Å². The van der Waals surface area contributed by atoms with Crippen molar-refractivity contribution >= 4 is 46.5 Å². The maximum absolute atomic E-state index is 13.8. The number of aromatic nitrogens is 1. The minimum absolute atomic E-state index is 0.0333. The number of amides is 3. The van der Waals surface area contributed by atoms with Crippen LogP contribution < -0.4 is 5.32 Å². The first kappa shape index (κ1) is 25.9. The van der Waals surface area contributed by atoms with E-state index >= 15 is 0 Å².